The van der Waals surface area contributed by atoms with Crippen molar-refractivity contribution in [3.63, 3.8) is 0 Å². The van der Waals surface area contributed by atoms with Crippen molar-refractivity contribution in [2.24, 2.45) is 0 Å². The van der Waals surface area contributed by atoms with Gasteiger partial charge in [-0.15, -0.1) is 0 Å². The zero-order chi connectivity index (χ0) is 17.6. The summed E-state index contributed by atoms with van der Waals surface area (Å²) in [4.78, 5) is 12.2. The average Bonchev–Trinajstić information content (AvgIpc) is 3.08. The molecular weight excluding hydrogens is 325 g/mol. The standard InChI is InChI=1S/C18H16FN3O3/c1-2-11-24-13-9-7-12(8-10-13)16-17(22-25-21-16)20-18(23)14-5-3-4-6-15(14)19/h3-10H,2,11H2,1H3,(H,20,22,23). The molecule has 3 aromatic rings. The number of hydrogen-bond acceptors (Lipinski definition) is 5. The van der Waals surface area contributed by atoms with Crippen molar-refractivity contribution >= 4 is 11.7 Å². The number of amides is 1. The van der Waals surface area contributed by atoms with E-state index < -0.39 is 11.7 Å². The van der Waals surface area contributed by atoms with Crippen LogP contribution in [-0.4, -0.2) is 22.8 Å². The molecule has 25 heavy (non-hydrogen) atoms. The molecule has 0 bridgehead atoms. The Morgan fingerprint density at radius 3 is 2.64 bits per heavy atom. The first kappa shape index (κ1) is 16.6. The van der Waals surface area contributed by atoms with Crippen LogP contribution in [0.25, 0.3) is 11.3 Å². The molecule has 6 nitrogen and oxygen atoms in total. The van der Waals surface area contributed by atoms with Crippen molar-refractivity contribution in [2.45, 2.75) is 13.3 Å². The number of benzene rings is 2. The SMILES string of the molecule is CCCOc1ccc(-c2nonc2NC(=O)c2ccccc2F)cc1. The Labute approximate surface area is 143 Å². The second kappa shape index (κ2) is 7.57. The largest absolute Gasteiger partial charge is 0.494 e. The van der Waals surface area contributed by atoms with Crippen molar-refractivity contribution in [1.82, 2.24) is 10.3 Å². The minimum atomic E-state index is -0.627. The van der Waals surface area contributed by atoms with E-state index in [1.807, 2.05) is 6.92 Å². The number of hydrogen-bond donors (Lipinski definition) is 1. The number of nitrogens with one attached hydrogen (secondary N) is 1. The zero-order valence-corrected chi connectivity index (χ0v) is 13.5. The number of nitrogens with zero attached hydrogens (tertiary/aromatic N) is 2. The lowest BCUT2D eigenvalue weighted by Gasteiger charge is -2.06. The highest BCUT2D eigenvalue weighted by molar-refractivity contribution is 6.05. The third kappa shape index (κ3) is 3.82. The quantitative estimate of drug-likeness (QED) is 0.735. The van der Waals surface area contributed by atoms with E-state index in [9.17, 15) is 9.18 Å². The minimum absolute atomic E-state index is 0.0836. The van der Waals surface area contributed by atoms with Gasteiger partial charge >= 0.3 is 0 Å². The molecule has 0 fully saturated rings. The summed E-state index contributed by atoms with van der Waals surface area (Å²) in [5.74, 6) is -0.386. The molecule has 2 aromatic carbocycles. The summed E-state index contributed by atoms with van der Waals surface area (Å²) in [6, 6.07) is 12.8. The van der Waals surface area contributed by atoms with Crippen LogP contribution in [-0.2, 0) is 0 Å². The Morgan fingerprint density at radius 1 is 1.16 bits per heavy atom. The van der Waals surface area contributed by atoms with E-state index in [1.54, 1.807) is 30.3 Å². The molecule has 0 unspecified atom stereocenters. The minimum Gasteiger partial charge on any atom is -0.494 e. The molecule has 128 valence electrons. The van der Waals surface area contributed by atoms with E-state index in [4.69, 9.17) is 9.37 Å². The van der Waals surface area contributed by atoms with Gasteiger partial charge < -0.3 is 10.1 Å². The maximum atomic E-state index is 13.7. The van der Waals surface area contributed by atoms with Gasteiger partial charge in [0.15, 0.2) is 5.69 Å². The molecule has 1 aromatic heterocycles. The molecule has 0 aliphatic rings. The second-order valence-corrected chi connectivity index (χ2v) is 5.27. The third-order valence-corrected chi connectivity index (χ3v) is 3.44. The van der Waals surface area contributed by atoms with Gasteiger partial charge in [-0.2, -0.15) is 0 Å². The molecule has 0 saturated carbocycles. The summed E-state index contributed by atoms with van der Waals surface area (Å²) >= 11 is 0. The lowest BCUT2D eigenvalue weighted by atomic mass is 10.1. The number of carbonyl (C=O) groups is 1. The van der Waals surface area contributed by atoms with Gasteiger partial charge in [-0.05, 0) is 53.1 Å². The molecular formula is C18H16FN3O3. The molecule has 1 heterocycles. The molecule has 7 heteroatoms. The van der Waals surface area contributed by atoms with Crippen LogP contribution in [0.15, 0.2) is 53.2 Å². The van der Waals surface area contributed by atoms with E-state index >= 15 is 0 Å². The van der Waals surface area contributed by atoms with E-state index in [2.05, 4.69) is 15.6 Å². The predicted molar refractivity (Wildman–Crippen MR) is 89.9 cm³/mol. The summed E-state index contributed by atoms with van der Waals surface area (Å²) in [5.41, 5.74) is 0.959. The molecule has 3 rings (SSSR count). The molecule has 0 aliphatic heterocycles. The summed E-state index contributed by atoms with van der Waals surface area (Å²) in [5, 5.41) is 10.0. The lowest BCUT2D eigenvalue weighted by molar-refractivity contribution is 0.102. The topological polar surface area (TPSA) is 77.2 Å². The Hall–Kier alpha value is -3.22. The first-order valence-corrected chi connectivity index (χ1v) is 7.80. The molecule has 0 saturated heterocycles. The summed E-state index contributed by atoms with van der Waals surface area (Å²) in [7, 11) is 0. The van der Waals surface area contributed by atoms with Crippen LogP contribution in [0.4, 0.5) is 10.2 Å². The summed E-state index contributed by atoms with van der Waals surface area (Å²) < 4.78 is 23.9. The first-order chi connectivity index (χ1) is 12.2. The van der Waals surface area contributed by atoms with Crippen LogP contribution in [0.3, 0.4) is 0 Å². The number of anilines is 1. The second-order valence-electron chi connectivity index (χ2n) is 5.27. The van der Waals surface area contributed by atoms with Gasteiger partial charge in [0.05, 0.1) is 12.2 Å². The van der Waals surface area contributed by atoms with Crippen LogP contribution in [0.1, 0.15) is 23.7 Å². The van der Waals surface area contributed by atoms with Crippen molar-refractivity contribution in [3.05, 3.63) is 59.9 Å². The van der Waals surface area contributed by atoms with Gasteiger partial charge in [-0.25, -0.2) is 9.02 Å². The van der Waals surface area contributed by atoms with Gasteiger partial charge in [0.2, 0.25) is 5.82 Å². The van der Waals surface area contributed by atoms with Gasteiger partial charge in [0.1, 0.15) is 11.6 Å². The fourth-order valence-corrected chi connectivity index (χ4v) is 2.21. The molecule has 0 atom stereocenters. The molecule has 0 aliphatic carbocycles. The molecule has 1 N–H and O–H groups in total. The van der Waals surface area contributed by atoms with Crippen LogP contribution in [0, 0.1) is 5.82 Å². The van der Waals surface area contributed by atoms with Crippen molar-refractivity contribution in [1.29, 1.82) is 0 Å². The average molecular weight is 341 g/mol. The van der Waals surface area contributed by atoms with E-state index in [-0.39, 0.29) is 11.4 Å². The van der Waals surface area contributed by atoms with E-state index in [1.165, 1.54) is 18.2 Å². The highest BCUT2D eigenvalue weighted by atomic mass is 19.1. The smallest absolute Gasteiger partial charge is 0.259 e. The number of halogens is 1. The Bertz CT molecular complexity index is 862. The van der Waals surface area contributed by atoms with Gasteiger partial charge in [0, 0.05) is 5.56 Å². The Morgan fingerprint density at radius 2 is 1.92 bits per heavy atom. The van der Waals surface area contributed by atoms with Crippen LogP contribution in [0.5, 0.6) is 5.75 Å². The fraction of sp³-hybridized carbons (Fsp3) is 0.167. The van der Waals surface area contributed by atoms with Crippen LogP contribution >= 0.6 is 0 Å². The Balaban J connectivity index is 1.79. The van der Waals surface area contributed by atoms with Crippen molar-refractivity contribution in [3.8, 4) is 17.0 Å². The summed E-state index contributed by atoms with van der Waals surface area (Å²) in [6.45, 7) is 2.66. The lowest BCUT2D eigenvalue weighted by Crippen LogP contribution is -2.14. The van der Waals surface area contributed by atoms with E-state index in [0.29, 0.717) is 17.9 Å². The number of ether oxygens (including phenoxy) is 1. The van der Waals surface area contributed by atoms with Gasteiger partial charge in [0.25, 0.3) is 5.91 Å². The Kier molecular flexibility index (Phi) is 5.03. The maximum Gasteiger partial charge on any atom is 0.259 e. The number of aromatic nitrogens is 2. The molecule has 0 spiro atoms. The van der Waals surface area contributed by atoms with Gasteiger partial charge in [-0.3, -0.25) is 4.79 Å². The van der Waals surface area contributed by atoms with Gasteiger partial charge in [-0.1, -0.05) is 19.1 Å². The highest BCUT2D eigenvalue weighted by Crippen LogP contribution is 2.26. The van der Waals surface area contributed by atoms with Crippen molar-refractivity contribution in [2.75, 3.05) is 11.9 Å². The predicted octanol–water partition coefficient (Wildman–Crippen LogP) is 3.92. The third-order valence-electron chi connectivity index (χ3n) is 3.44. The van der Waals surface area contributed by atoms with Crippen LogP contribution in [0.2, 0.25) is 0 Å². The normalized spacial score (nSPS) is 10.5. The molecule has 1 amide bonds. The molecule has 0 radical (unpaired) electrons. The number of carbonyl (C=O) groups excluding carboxylic acids is 1. The zero-order valence-electron chi connectivity index (χ0n) is 13.5. The number of rotatable bonds is 6. The maximum absolute atomic E-state index is 13.7. The van der Waals surface area contributed by atoms with Crippen molar-refractivity contribution < 1.29 is 18.6 Å². The summed E-state index contributed by atoms with van der Waals surface area (Å²) in [6.07, 6.45) is 0.918. The first-order valence-electron chi connectivity index (χ1n) is 7.80. The van der Waals surface area contributed by atoms with Crippen LogP contribution < -0.4 is 10.1 Å². The monoisotopic (exact) mass is 341 g/mol. The fourth-order valence-electron chi connectivity index (χ4n) is 2.21. The highest BCUT2D eigenvalue weighted by Gasteiger charge is 2.18. The van der Waals surface area contributed by atoms with E-state index in [0.717, 1.165) is 12.2 Å².